The number of nitrogens with zero attached hydrogens (tertiary/aromatic N) is 2. The predicted molar refractivity (Wildman–Crippen MR) is 134 cm³/mol. The van der Waals surface area contributed by atoms with Crippen LogP contribution in [0.5, 0.6) is 5.75 Å². The van der Waals surface area contributed by atoms with Crippen LogP contribution in [-0.4, -0.2) is 33.8 Å². The van der Waals surface area contributed by atoms with Crippen molar-refractivity contribution in [2.24, 2.45) is 0 Å². The molecule has 172 valence electrons. The van der Waals surface area contributed by atoms with Gasteiger partial charge < -0.3 is 20.1 Å². The minimum absolute atomic E-state index is 0.115. The third-order valence-corrected chi connectivity index (χ3v) is 5.93. The summed E-state index contributed by atoms with van der Waals surface area (Å²) in [6.07, 6.45) is 4.79. The van der Waals surface area contributed by atoms with Gasteiger partial charge in [0.25, 0.3) is 0 Å². The van der Waals surface area contributed by atoms with Gasteiger partial charge in [0.15, 0.2) is 0 Å². The van der Waals surface area contributed by atoms with Crippen molar-refractivity contribution in [3.05, 3.63) is 96.4 Å². The van der Waals surface area contributed by atoms with Crippen LogP contribution in [0.4, 0.5) is 4.79 Å². The van der Waals surface area contributed by atoms with Crippen LogP contribution in [0.15, 0.2) is 85.3 Å². The number of hydrogen-bond donors (Lipinski definition) is 3. The first-order chi connectivity index (χ1) is 17.1. The third kappa shape index (κ3) is 4.92. The number of benzene rings is 3. The number of nitriles is 1. The van der Waals surface area contributed by atoms with Gasteiger partial charge in [-0.25, -0.2) is 4.79 Å². The summed E-state index contributed by atoms with van der Waals surface area (Å²) < 4.78 is 6.02. The summed E-state index contributed by atoms with van der Waals surface area (Å²) in [5.41, 5.74) is 4.25. The van der Waals surface area contributed by atoms with Crippen molar-refractivity contribution >= 4 is 27.8 Å². The van der Waals surface area contributed by atoms with Crippen LogP contribution < -0.4 is 10.1 Å². The summed E-state index contributed by atoms with van der Waals surface area (Å²) in [6, 6.07) is 22.9. The molecular formula is C28H22N4O3. The lowest BCUT2D eigenvalue weighted by Crippen LogP contribution is -2.39. The Labute approximate surface area is 201 Å². The highest BCUT2D eigenvalue weighted by Gasteiger charge is 2.16. The molecule has 35 heavy (non-hydrogen) atoms. The van der Waals surface area contributed by atoms with Crippen LogP contribution in [0.3, 0.4) is 0 Å². The molecule has 1 atom stereocenters. The number of aromatic nitrogens is 2. The highest BCUT2D eigenvalue weighted by Crippen LogP contribution is 2.29. The van der Waals surface area contributed by atoms with E-state index < -0.39 is 12.1 Å². The second-order valence-electron chi connectivity index (χ2n) is 8.32. The summed E-state index contributed by atoms with van der Waals surface area (Å²) in [6.45, 7) is 0.115. The van der Waals surface area contributed by atoms with E-state index in [1.165, 1.54) is 0 Å². The number of H-pyrrole nitrogens is 1. The number of nitrogens with one attached hydrogen (secondary N) is 2. The summed E-state index contributed by atoms with van der Waals surface area (Å²) in [4.78, 5) is 18.8. The Hall–Kier alpha value is -4.83. The lowest BCUT2D eigenvalue weighted by molar-refractivity contribution is 0.181. The first-order valence-corrected chi connectivity index (χ1v) is 11.2. The fraction of sp³-hybridized carbons (Fsp3) is 0.107. The predicted octanol–water partition coefficient (Wildman–Crippen LogP) is 5.51. The quantitative estimate of drug-likeness (QED) is 0.295. The van der Waals surface area contributed by atoms with Crippen LogP contribution >= 0.6 is 0 Å². The highest BCUT2D eigenvalue weighted by molar-refractivity contribution is 5.87. The lowest BCUT2D eigenvalue weighted by Gasteiger charge is -2.18. The van der Waals surface area contributed by atoms with Gasteiger partial charge in [0.1, 0.15) is 12.4 Å². The first kappa shape index (κ1) is 22.0. The second kappa shape index (κ2) is 9.57. The molecule has 1 amide bonds. The van der Waals surface area contributed by atoms with Gasteiger partial charge in [0, 0.05) is 34.9 Å². The summed E-state index contributed by atoms with van der Waals surface area (Å²) in [7, 11) is 0. The number of aromatic amines is 1. The molecule has 0 spiro atoms. The number of hydrogen-bond acceptors (Lipinski definition) is 4. The molecule has 7 heteroatoms. The Morgan fingerprint density at radius 2 is 1.97 bits per heavy atom. The highest BCUT2D eigenvalue weighted by atomic mass is 16.5. The van der Waals surface area contributed by atoms with E-state index in [0.717, 1.165) is 38.4 Å². The molecular weight excluding hydrogens is 440 g/mol. The van der Waals surface area contributed by atoms with E-state index >= 15 is 0 Å². The van der Waals surface area contributed by atoms with Crippen molar-refractivity contribution in [1.82, 2.24) is 15.3 Å². The Morgan fingerprint density at radius 3 is 2.83 bits per heavy atom. The Morgan fingerprint density at radius 1 is 1.09 bits per heavy atom. The van der Waals surface area contributed by atoms with Gasteiger partial charge in [0.2, 0.25) is 0 Å². The van der Waals surface area contributed by atoms with Crippen molar-refractivity contribution in [2.75, 3.05) is 6.61 Å². The minimum atomic E-state index is -1.12. The first-order valence-electron chi connectivity index (χ1n) is 11.2. The molecule has 0 fully saturated rings. The largest absolute Gasteiger partial charge is 0.491 e. The number of rotatable bonds is 7. The van der Waals surface area contributed by atoms with Gasteiger partial charge in [-0.2, -0.15) is 5.26 Å². The van der Waals surface area contributed by atoms with Crippen molar-refractivity contribution in [3.63, 3.8) is 0 Å². The third-order valence-electron chi connectivity index (χ3n) is 5.93. The van der Waals surface area contributed by atoms with Crippen LogP contribution in [0, 0.1) is 11.3 Å². The zero-order valence-corrected chi connectivity index (χ0v) is 18.7. The van der Waals surface area contributed by atoms with Crippen molar-refractivity contribution in [1.29, 1.82) is 5.26 Å². The van der Waals surface area contributed by atoms with Crippen molar-refractivity contribution < 1.29 is 14.6 Å². The van der Waals surface area contributed by atoms with E-state index in [1.807, 2.05) is 73.1 Å². The second-order valence-corrected chi connectivity index (χ2v) is 8.32. The molecule has 3 aromatic carbocycles. The fourth-order valence-corrected chi connectivity index (χ4v) is 4.27. The van der Waals surface area contributed by atoms with Gasteiger partial charge in [-0.05, 0) is 64.9 Å². The van der Waals surface area contributed by atoms with Gasteiger partial charge in [-0.3, -0.25) is 4.98 Å². The Kier molecular flexibility index (Phi) is 6.01. The van der Waals surface area contributed by atoms with Crippen LogP contribution in [-0.2, 0) is 6.42 Å². The summed E-state index contributed by atoms with van der Waals surface area (Å²) in [5, 5.41) is 24.6. The van der Waals surface area contributed by atoms with E-state index in [2.05, 4.69) is 21.4 Å². The number of ether oxygens (including phenoxy) is 1. The van der Waals surface area contributed by atoms with Gasteiger partial charge in [-0.15, -0.1) is 0 Å². The molecule has 5 rings (SSSR count). The fourth-order valence-electron chi connectivity index (χ4n) is 4.27. The molecule has 7 nitrogen and oxygen atoms in total. The molecule has 0 bridgehead atoms. The van der Waals surface area contributed by atoms with E-state index in [-0.39, 0.29) is 6.61 Å². The van der Waals surface area contributed by atoms with Crippen molar-refractivity contribution in [3.8, 4) is 22.9 Å². The standard InChI is InChI=1S/C28H22N4O3/c29-14-18-9-22(19-5-6-21-15-30-8-7-20(21)11-19)13-25(10-18)35-17-24(32-28(33)34)12-23-16-31-27-4-2-1-3-26(23)27/h1-11,13,15-16,24,31-32H,12,17H2,(H,33,34). The molecule has 0 radical (unpaired) electrons. The molecule has 0 aliphatic rings. The maximum Gasteiger partial charge on any atom is 0.405 e. The molecule has 2 aromatic heterocycles. The molecule has 0 saturated carbocycles. The van der Waals surface area contributed by atoms with Gasteiger partial charge in [0.05, 0.1) is 17.7 Å². The maximum absolute atomic E-state index is 11.4. The molecule has 0 aliphatic carbocycles. The SMILES string of the molecule is N#Cc1cc(OCC(Cc2c[nH]c3ccccc23)NC(=O)O)cc(-c2ccc3cnccc3c2)c1. The molecule has 5 aromatic rings. The van der Waals surface area contributed by atoms with Crippen LogP contribution in [0.2, 0.25) is 0 Å². The summed E-state index contributed by atoms with van der Waals surface area (Å²) >= 11 is 0. The van der Waals surface area contributed by atoms with E-state index in [1.54, 1.807) is 12.3 Å². The molecule has 2 heterocycles. The Bertz CT molecular complexity index is 1570. The lowest BCUT2D eigenvalue weighted by atomic mass is 10.0. The molecule has 0 aliphatic heterocycles. The number of fused-ring (bicyclic) bond motifs is 2. The van der Waals surface area contributed by atoms with E-state index in [0.29, 0.717) is 17.7 Å². The van der Waals surface area contributed by atoms with E-state index in [9.17, 15) is 15.2 Å². The monoisotopic (exact) mass is 462 g/mol. The molecule has 0 saturated heterocycles. The zero-order valence-electron chi connectivity index (χ0n) is 18.7. The minimum Gasteiger partial charge on any atom is -0.491 e. The number of carbonyl (C=O) groups is 1. The topological polar surface area (TPSA) is 111 Å². The number of carboxylic acid groups (broad SMARTS) is 1. The van der Waals surface area contributed by atoms with Crippen molar-refractivity contribution in [2.45, 2.75) is 12.5 Å². The van der Waals surface area contributed by atoms with Gasteiger partial charge in [-0.1, -0.05) is 30.3 Å². The molecule has 1 unspecified atom stereocenters. The average Bonchev–Trinajstić information content (AvgIpc) is 3.29. The average molecular weight is 463 g/mol. The number of pyridine rings is 1. The van der Waals surface area contributed by atoms with Crippen LogP contribution in [0.1, 0.15) is 11.1 Å². The zero-order chi connectivity index (χ0) is 24.2. The number of para-hydroxylation sites is 1. The molecule has 3 N–H and O–H groups in total. The van der Waals surface area contributed by atoms with Crippen LogP contribution in [0.25, 0.3) is 32.8 Å². The number of amides is 1. The Balaban J connectivity index is 1.39. The smallest absolute Gasteiger partial charge is 0.405 e. The summed E-state index contributed by atoms with van der Waals surface area (Å²) in [5.74, 6) is 0.505. The van der Waals surface area contributed by atoms with Gasteiger partial charge >= 0.3 is 6.09 Å². The maximum atomic E-state index is 11.4. The normalized spacial score (nSPS) is 11.7. The van der Waals surface area contributed by atoms with E-state index in [4.69, 9.17) is 4.74 Å².